The first kappa shape index (κ1) is 23.6. The number of nitrogens with one attached hydrogen (secondary N) is 1. The van der Waals surface area contributed by atoms with E-state index in [2.05, 4.69) is 17.4 Å². The highest BCUT2D eigenvalue weighted by Gasteiger charge is 2.48. The largest absolute Gasteiger partial charge is 0.493 e. The van der Waals surface area contributed by atoms with Gasteiger partial charge in [-0.1, -0.05) is 79.2 Å². The molecule has 1 unspecified atom stereocenters. The van der Waals surface area contributed by atoms with Gasteiger partial charge < -0.3 is 14.6 Å². The van der Waals surface area contributed by atoms with E-state index >= 15 is 0 Å². The molecule has 7 nitrogen and oxygen atoms in total. The molecule has 0 saturated carbocycles. The Morgan fingerprint density at radius 3 is 2.44 bits per heavy atom. The van der Waals surface area contributed by atoms with E-state index in [0.717, 1.165) is 51.9 Å². The summed E-state index contributed by atoms with van der Waals surface area (Å²) in [4.78, 5) is 26.9. The Hall–Kier alpha value is -4.13. The Morgan fingerprint density at radius 2 is 1.72 bits per heavy atom. The Balaban J connectivity index is 1.27. The Labute approximate surface area is 210 Å². The second-order valence-electron chi connectivity index (χ2n) is 9.15. The lowest BCUT2D eigenvalue weighted by atomic mass is 9.92. The number of hydrogen-bond donors (Lipinski definition) is 1. The van der Waals surface area contributed by atoms with Crippen LogP contribution in [0.1, 0.15) is 37.8 Å². The van der Waals surface area contributed by atoms with E-state index in [9.17, 15) is 9.59 Å². The molecule has 1 saturated heterocycles. The van der Waals surface area contributed by atoms with E-state index in [1.807, 2.05) is 72.8 Å². The molecule has 1 aliphatic heterocycles. The quantitative estimate of drug-likeness (QED) is 0.244. The molecular formula is C29H29N3O4. The molecule has 1 atom stereocenters. The number of amides is 3. The van der Waals surface area contributed by atoms with E-state index in [4.69, 9.17) is 9.26 Å². The fourth-order valence-corrected chi connectivity index (χ4v) is 4.74. The maximum absolute atomic E-state index is 13.1. The van der Waals surface area contributed by atoms with Crippen LogP contribution >= 0.6 is 0 Å². The van der Waals surface area contributed by atoms with Crippen LogP contribution in [0.15, 0.2) is 77.3 Å². The molecule has 184 valence electrons. The van der Waals surface area contributed by atoms with Crippen LogP contribution in [0.4, 0.5) is 4.79 Å². The van der Waals surface area contributed by atoms with Gasteiger partial charge in [-0.15, -0.1) is 0 Å². The van der Waals surface area contributed by atoms with Crippen molar-refractivity contribution in [2.24, 2.45) is 0 Å². The third kappa shape index (κ3) is 4.21. The van der Waals surface area contributed by atoms with Crippen molar-refractivity contribution in [1.82, 2.24) is 15.4 Å². The van der Waals surface area contributed by atoms with Gasteiger partial charge in [0.2, 0.25) is 0 Å². The molecule has 0 radical (unpaired) electrons. The maximum Gasteiger partial charge on any atom is 0.325 e. The number of benzene rings is 3. The Morgan fingerprint density at radius 1 is 1.00 bits per heavy atom. The summed E-state index contributed by atoms with van der Waals surface area (Å²) in [7, 11) is 0. The zero-order valence-corrected chi connectivity index (χ0v) is 20.5. The molecule has 7 heteroatoms. The number of fused-ring (bicyclic) bond motifs is 1. The first-order chi connectivity index (χ1) is 17.5. The Kier molecular flexibility index (Phi) is 6.46. The Bertz CT molecular complexity index is 1380. The van der Waals surface area contributed by atoms with Gasteiger partial charge in [0.1, 0.15) is 17.0 Å². The summed E-state index contributed by atoms with van der Waals surface area (Å²) in [6.07, 6.45) is 2.23. The second kappa shape index (κ2) is 9.85. The number of carbonyl (C=O) groups excluding carboxylic acids is 2. The van der Waals surface area contributed by atoms with Gasteiger partial charge in [0.05, 0.1) is 12.0 Å². The van der Waals surface area contributed by atoms with Gasteiger partial charge in [0.25, 0.3) is 5.91 Å². The molecule has 4 aromatic rings. The van der Waals surface area contributed by atoms with Crippen molar-refractivity contribution in [2.45, 2.75) is 38.6 Å². The number of hydrogen-bond acceptors (Lipinski definition) is 5. The minimum absolute atomic E-state index is 0.248. The number of rotatable bonds is 9. The van der Waals surface area contributed by atoms with E-state index in [1.165, 1.54) is 4.90 Å². The minimum Gasteiger partial charge on any atom is -0.493 e. The predicted molar refractivity (Wildman–Crippen MR) is 138 cm³/mol. The van der Waals surface area contributed by atoms with E-state index in [1.54, 1.807) is 6.92 Å². The van der Waals surface area contributed by atoms with Crippen molar-refractivity contribution in [3.63, 3.8) is 0 Å². The first-order valence-electron chi connectivity index (χ1n) is 12.3. The number of urea groups is 1. The van der Waals surface area contributed by atoms with E-state index in [-0.39, 0.29) is 18.5 Å². The summed E-state index contributed by atoms with van der Waals surface area (Å²) < 4.78 is 11.9. The lowest BCUT2D eigenvalue weighted by Gasteiger charge is -2.22. The summed E-state index contributed by atoms with van der Waals surface area (Å²) in [5.74, 6) is 0.494. The van der Waals surface area contributed by atoms with Crippen LogP contribution in [0.25, 0.3) is 22.2 Å². The van der Waals surface area contributed by atoms with Gasteiger partial charge in [-0.2, -0.15) is 0 Å². The zero-order valence-electron chi connectivity index (χ0n) is 20.5. The highest BCUT2D eigenvalue weighted by molar-refractivity contribution is 6.07. The van der Waals surface area contributed by atoms with Crippen LogP contribution in [-0.4, -0.2) is 35.1 Å². The molecule has 1 aliphatic rings. The molecule has 0 spiro atoms. The van der Waals surface area contributed by atoms with E-state index < -0.39 is 5.54 Å². The number of aryl methyl sites for hydroxylation is 1. The summed E-state index contributed by atoms with van der Waals surface area (Å²) in [5, 5.41) is 8.13. The fourth-order valence-electron chi connectivity index (χ4n) is 4.74. The molecular weight excluding hydrogens is 454 g/mol. The minimum atomic E-state index is -1.05. The fraction of sp³-hybridized carbons (Fsp3) is 0.276. The van der Waals surface area contributed by atoms with Crippen molar-refractivity contribution in [3.05, 3.63) is 83.9 Å². The maximum atomic E-state index is 13.1. The number of aromatic nitrogens is 1. The average Bonchev–Trinajstić information content (AvgIpc) is 3.43. The van der Waals surface area contributed by atoms with Crippen molar-refractivity contribution < 1.29 is 18.8 Å². The molecule has 0 aliphatic carbocycles. The molecule has 3 amide bonds. The SMILES string of the molecule is CCCc1c(OCCCN2C(=O)NC(C)(c3ccccc3)C2=O)ccc2c(-c3ccccc3)noc12. The van der Waals surface area contributed by atoms with Crippen molar-refractivity contribution in [2.75, 3.05) is 13.2 Å². The molecule has 0 bridgehead atoms. The number of imide groups is 1. The van der Waals surface area contributed by atoms with Gasteiger partial charge in [0.15, 0.2) is 5.58 Å². The van der Waals surface area contributed by atoms with Crippen LogP contribution in [0.2, 0.25) is 0 Å². The van der Waals surface area contributed by atoms with Crippen molar-refractivity contribution in [1.29, 1.82) is 0 Å². The van der Waals surface area contributed by atoms with Gasteiger partial charge >= 0.3 is 6.03 Å². The van der Waals surface area contributed by atoms with Gasteiger partial charge in [-0.3, -0.25) is 9.69 Å². The van der Waals surface area contributed by atoms with Crippen LogP contribution in [-0.2, 0) is 16.8 Å². The molecule has 1 aromatic heterocycles. The van der Waals surface area contributed by atoms with Gasteiger partial charge in [0, 0.05) is 17.7 Å². The normalized spacial score (nSPS) is 17.6. The van der Waals surface area contributed by atoms with Gasteiger partial charge in [-0.05, 0) is 37.5 Å². The molecule has 3 aromatic carbocycles. The lowest BCUT2D eigenvalue weighted by molar-refractivity contribution is -0.131. The van der Waals surface area contributed by atoms with Crippen molar-refractivity contribution in [3.8, 4) is 17.0 Å². The zero-order chi connectivity index (χ0) is 25.1. The smallest absolute Gasteiger partial charge is 0.325 e. The second-order valence-corrected chi connectivity index (χ2v) is 9.15. The third-order valence-corrected chi connectivity index (χ3v) is 6.66. The topological polar surface area (TPSA) is 84.7 Å². The van der Waals surface area contributed by atoms with Crippen LogP contribution in [0.3, 0.4) is 0 Å². The summed E-state index contributed by atoms with van der Waals surface area (Å²) in [5.41, 5.74) is 3.25. The molecule has 2 heterocycles. The standard InChI is InChI=1S/C29H29N3O4/c1-3-11-22-24(17-16-23-25(31-36-26(22)23)20-12-6-4-7-13-20)35-19-10-18-32-27(33)29(2,30-28(32)34)21-14-8-5-9-15-21/h4-9,12-17H,3,10-11,18-19H2,1-2H3,(H,30,34). The van der Waals surface area contributed by atoms with Crippen LogP contribution in [0, 0.1) is 0 Å². The molecule has 1 fully saturated rings. The number of nitrogens with zero attached hydrogens (tertiary/aromatic N) is 2. The van der Waals surface area contributed by atoms with Crippen LogP contribution in [0.5, 0.6) is 5.75 Å². The highest BCUT2D eigenvalue weighted by atomic mass is 16.5. The highest BCUT2D eigenvalue weighted by Crippen LogP contribution is 2.35. The average molecular weight is 484 g/mol. The monoisotopic (exact) mass is 483 g/mol. The van der Waals surface area contributed by atoms with E-state index in [0.29, 0.717) is 13.0 Å². The predicted octanol–water partition coefficient (Wildman–Crippen LogP) is 5.68. The lowest BCUT2D eigenvalue weighted by Crippen LogP contribution is -2.41. The van der Waals surface area contributed by atoms with Crippen molar-refractivity contribution >= 4 is 22.9 Å². The molecule has 5 rings (SSSR count). The van der Waals surface area contributed by atoms with Gasteiger partial charge in [-0.25, -0.2) is 4.79 Å². The number of ether oxygens (including phenoxy) is 1. The van der Waals surface area contributed by atoms with Crippen LogP contribution < -0.4 is 10.1 Å². The molecule has 36 heavy (non-hydrogen) atoms. The third-order valence-electron chi connectivity index (χ3n) is 6.66. The number of carbonyl (C=O) groups is 2. The molecule has 1 N–H and O–H groups in total. The summed E-state index contributed by atoms with van der Waals surface area (Å²) in [6.45, 7) is 4.49. The first-order valence-corrected chi connectivity index (χ1v) is 12.3. The summed E-state index contributed by atoms with van der Waals surface area (Å²) in [6, 6.07) is 22.8. The summed E-state index contributed by atoms with van der Waals surface area (Å²) >= 11 is 0.